The Labute approximate surface area is 226 Å². The van der Waals surface area contributed by atoms with E-state index in [1.807, 2.05) is 11.0 Å². The Morgan fingerprint density at radius 1 is 1.11 bits per heavy atom. The van der Waals surface area contributed by atoms with Crippen LogP contribution in [0.25, 0.3) is 0 Å². The molecule has 2 aromatic carbocycles. The van der Waals surface area contributed by atoms with Crippen molar-refractivity contribution in [3.05, 3.63) is 76.9 Å². The van der Waals surface area contributed by atoms with E-state index in [4.69, 9.17) is 16.9 Å². The first-order chi connectivity index (χ1) is 18.1. The lowest BCUT2D eigenvalue weighted by Crippen LogP contribution is -2.36. The fourth-order valence-corrected chi connectivity index (χ4v) is 5.03. The fourth-order valence-electron chi connectivity index (χ4n) is 4.26. The molecule has 1 aromatic heterocycles. The Hall–Kier alpha value is -3.94. The molecule has 3 aromatic rings. The Kier molecular flexibility index (Phi) is 8.29. The van der Waals surface area contributed by atoms with Crippen LogP contribution in [0, 0.1) is 17.2 Å². The lowest BCUT2D eigenvalue weighted by atomic mass is 9.93. The quantitative estimate of drug-likeness (QED) is 0.441. The minimum atomic E-state index is -3.55. The predicted molar refractivity (Wildman–Crippen MR) is 146 cm³/mol. The van der Waals surface area contributed by atoms with Gasteiger partial charge in [0.1, 0.15) is 0 Å². The molecule has 0 aliphatic carbocycles. The van der Waals surface area contributed by atoms with Crippen molar-refractivity contribution in [3.63, 3.8) is 0 Å². The van der Waals surface area contributed by atoms with E-state index in [9.17, 15) is 18.0 Å². The summed E-state index contributed by atoms with van der Waals surface area (Å²) in [7, 11) is -3.55. The summed E-state index contributed by atoms with van der Waals surface area (Å²) in [4.78, 5) is 31.8. The molecular weight excluding hydrogens is 526 g/mol. The second-order valence-electron chi connectivity index (χ2n) is 9.15. The Morgan fingerprint density at radius 3 is 2.45 bits per heavy atom. The zero-order valence-electron chi connectivity index (χ0n) is 20.6. The Balaban J connectivity index is 1.44. The van der Waals surface area contributed by atoms with Gasteiger partial charge in [-0.1, -0.05) is 17.7 Å². The molecule has 196 valence electrons. The van der Waals surface area contributed by atoms with Crippen molar-refractivity contribution in [2.45, 2.75) is 24.2 Å². The maximum atomic E-state index is 12.9. The highest BCUT2D eigenvalue weighted by atomic mass is 35.5. The number of hydrogen-bond donors (Lipinski definition) is 2. The van der Waals surface area contributed by atoms with E-state index in [1.165, 1.54) is 18.3 Å². The second kappa shape index (κ2) is 11.6. The van der Waals surface area contributed by atoms with Crippen LogP contribution in [-0.2, 0) is 14.6 Å². The minimum absolute atomic E-state index is 0.00277. The third-order valence-corrected chi connectivity index (χ3v) is 7.61. The van der Waals surface area contributed by atoms with E-state index in [0.29, 0.717) is 47.2 Å². The first-order valence-corrected chi connectivity index (χ1v) is 14.2. The number of halogens is 1. The van der Waals surface area contributed by atoms with E-state index in [2.05, 4.69) is 15.6 Å². The topological polar surface area (TPSA) is 132 Å². The SMILES string of the molecule is CS(=O)(=O)c1cnc(N2CCC(CC(=O)Nc3ccc(C#N)cc3)CC2)c(NC(=O)c2cccc(Cl)c2)c1. The molecule has 2 heterocycles. The Bertz CT molecular complexity index is 1490. The van der Waals surface area contributed by atoms with Gasteiger partial charge in [0.15, 0.2) is 15.7 Å². The van der Waals surface area contributed by atoms with Crippen LogP contribution in [0.15, 0.2) is 65.7 Å². The zero-order valence-corrected chi connectivity index (χ0v) is 22.2. The summed E-state index contributed by atoms with van der Waals surface area (Å²) in [6, 6.07) is 16.6. The van der Waals surface area contributed by atoms with Crippen molar-refractivity contribution in [2.75, 3.05) is 34.9 Å². The molecule has 0 radical (unpaired) electrons. The molecular formula is C27H26ClN5O4S. The number of aromatic nitrogens is 1. The van der Waals surface area contributed by atoms with E-state index in [1.54, 1.807) is 42.5 Å². The third kappa shape index (κ3) is 6.88. The fraction of sp³-hybridized carbons (Fsp3) is 0.259. The highest BCUT2D eigenvalue weighted by molar-refractivity contribution is 7.90. The number of nitriles is 1. The van der Waals surface area contributed by atoms with Crippen molar-refractivity contribution in [3.8, 4) is 6.07 Å². The molecule has 9 nitrogen and oxygen atoms in total. The number of rotatable bonds is 7. The summed E-state index contributed by atoms with van der Waals surface area (Å²) in [6.45, 7) is 1.17. The molecule has 0 saturated carbocycles. The first kappa shape index (κ1) is 27.1. The van der Waals surface area contributed by atoms with Gasteiger partial charge in [-0.2, -0.15) is 5.26 Å². The van der Waals surface area contributed by atoms with E-state index in [0.717, 1.165) is 19.1 Å². The minimum Gasteiger partial charge on any atom is -0.355 e. The van der Waals surface area contributed by atoms with Crippen molar-refractivity contribution >= 4 is 50.4 Å². The van der Waals surface area contributed by atoms with Gasteiger partial charge in [0.2, 0.25) is 5.91 Å². The summed E-state index contributed by atoms with van der Waals surface area (Å²) in [6.07, 6.45) is 4.17. The average molecular weight is 552 g/mol. The van der Waals surface area contributed by atoms with E-state index < -0.39 is 15.7 Å². The van der Waals surface area contributed by atoms with Crippen molar-refractivity contribution in [2.24, 2.45) is 5.92 Å². The second-order valence-corrected chi connectivity index (χ2v) is 11.6. The molecule has 0 unspecified atom stereocenters. The number of carbonyl (C=O) groups is 2. The van der Waals surface area contributed by atoms with E-state index in [-0.39, 0.29) is 22.4 Å². The van der Waals surface area contributed by atoms with Crippen LogP contribution in [0.1, 0.15) is 35.2 Å². The maximum absolute atomic E-state index is 12.9. The number of carbonyl (C=O) groups excluding carboxylic acids is 2. The largest absolute Gasteiger partial charge is 0.355 e. The van der Waals surface area contributed by atoms with Crippen LogP contribution in [0.4, 0.5) is 17.2 Å². The highest BCUT2D eigenvalue weighted by Gasteiger charge is 2.25. The number of piperidine rings is 1. The summed E-state index contributed by atoms with van der Waals surface area (Å²) < 4.78 is 24.3. The predicted octanol–water partition coefficient (Wildman–Crippen LogP) is 4.51. The van der Waals surface area contributed by atoms with Crippen LogP contribution in [0.2, 0.25) is 5.02 Å². The number of nitrogens with one attached hydrogen (secondary N) is 2. The molecule has 11 heteroatoms. The van der Waals surface area contributed by atoms with Gasteiger partial charge in [-0.25, -0.2) is 13.4 Å². The molecule has 0 bridgehead atoms. The van der Waals surface area contributed by atoms with Gasteiger partial charge in [-0.05, 0) is 67.3 Å². The highest BCUT2D eigenvalue weighted by Crippen LogP contribution is 2.31. The van der Waals surface area contributed by atoms with Gasteiger partial charge >= 0.3 is 0 Å². The maximum Gasteiger partial charge on any atom is 0.255 e. The van der Waals surface area contributed by atoms with Gasteiger partial charge in [0, 0.05) is 48.2 Å². The molecule has 1 aliphatic rings. The van der Waals surface area contributed by atoms with Crippen LogP contribution in [-0.4, -0.2) is 44.6 Å². The Morgan fingerprint density at radius 2 is 1.82 bits per heavy atom. The molecule has 2 amide bonds. The number of benzene rings is 2. The van der Waals surface area contributed by atoms with Gasteiger partial charge in [0.25, 0.3) is 5.91 Å². The summed E-state index contributed by atoms with van der Waals surface area (Å²) in [5, 5.41) is 15.0. The number of nitrogens with zero attached hydrogens (tertiary/aromatic N) is 3. The zero-order chi connectivity index (χ0) is 27.3. The van der Waals surface area contributed by atoms with Crippen molar-refractivity contribution in [1.29, 1.82) is 5.26 Å². The average Bonchev–Trinajstić information content (AvgIpc) is 2.89. The standard InChI is InChI=1S/C27H26ClN5O4S/c1-38(36,37)23-15-24(32-27(35)20-3-2-4-21(28)14-20)26(30-17-23)33-11-9-18(10-12-33)13-25(34)31-22-7-5-19(16-29)6-8-22/h2-8,14-15,17-18H,9-13H2,1H3,(H,31,34)(H,32,35). The smallest absolute Gasteiger partial charge is 0.255 e. The molecule has 38 heavy (non-hydrogen) atoms. The lowest BCUT2D eigenvalue weighted by molar-refractivity contribution is -0.117. The monoisotopic (exact) mass is 551 g/mol. The third-order valence-electron chi connectivity index (χ3n) is 6.29. The number of anilines is 3. The molecule has 1 saturated heterocycles. The molecule has 0 atom stereocenters. The number of hydrogen-bond acceptors (Lipinski definition) is 7. The summed E-state index contributed by atoms with van der Waals surface area (Å²) >= 11 is 6.02. The number of pyridine rings is 1. The lowest BCUT2D eigenvalue weighted by Gasteiger charge is -2.33. The van der Waals surface area contributed by atoms with E-state index >= 15 is 0 Å². The summed E-state index contributed by atoms with van der Waals surface area (Å²) in [5.74, 6) is 0.0894. The molecule has 4 rings (SSSR count). The van der Waals surface area contributed by atoms with Crippen molar-refractivity contribution in [1.82, 2.24) is 4.98 Å². The van der Waals surface area contributed by atoms with Crippen LogP contribution < -0.4 is 15.5 Å². The normalized spacial score (nSPS) is 14.0. The van der Waals surface area contributed by atoms with Crippen LogP contribution >= 0.6 is 11.6 Å². The van der Waals surface area contributed by atoms with Crippen LogP contribution in [0.3, 0.4) is 0 Å². The number of amides is 2. The molecule has 1 fully saturated rings. The van der Waals surface area contributed by atoms with Gasteiger partial charge < -0.3 is 15.5 Å². The van der Waals surface area contributed by atoms with Gasteiger partial charge in [-0.15, -0.1) is 0 Å². The van der Waals surface area contributed by atoms with Gasteiger partial charge in [0.05, 0.1) is 22.2 Å². The molecule has 2 N–H and O–H groups in total. The summed E-state index contributed by atoms with van der Waals surface area (Å²) in [5.41, 5.74) is 1.79. The van der Waals surface area contributed by atoms with Gasteiger partial charge in [-0.3, -0.25) is 9.59 Å². The van der Waals surface area contributed by atoms with Crippen LogP contribution in [0.5, 0.6) is 0 Å². The molecule has 0 spiro atoms. The molecule has 1 aliphatic heterocycles. The number of sulfone groups is 1. The first-order valence-electron chi connectivity index (χ1n) is 11.9. The van der Waals surface area contributed by atoms with Crippen molar-refractivity contribution < 1.29 is 18.0 Å².